The van der Waals surface area contributed by atoms with Crippen LogP contribution in [0.15, 0.2) is 53.7 Å². The summed E-state index contributed by atoms with van der Waals surface area (Å²) in [5.41, 5.74) is 4.21. The molecular weight excluding hydrogens is 356 g/mol. The number of nitrogens with zero attached hydrogens (tertiary/aromatic N) is 3. The van der Waals surface area contributed by atoms with Crippen molar-refractivity contribution in [2.75, 3.05) is 11.1 Å². The Labute approximate surface area is 164 Å². The fourth-order valence-electron chi connectivity index (χ4n) is 2.78. The predicted octanol–water partition coefficient (Wildman–Crippen LogP) is 4.70. The molecule has 1 heterocycles. The topological polar surface area (TPSA) is 59.8 Å². The summed E-state index contributed by atoms with van der Waals surface area (Å²) in [6.45, 7) is 7.03. The highest BCUT2D eigenvalue weighted by Gasteiger charge is 2.15. The Bertz CT molecular complexity index is 918. The molecule has 0 aliphatic carbocycles. The number of aromatic nitrogens is 3. The van der Waals surface area contributed by atoms with Gasteiger partial charge in [-0.05, 0) is 38.5 Å². The summed E-state index contributed by atoms with van der Waals surface area (Å²) in [6.07, 6.45) is 0.972. The molecule has 3 aromatic rings. The van der Waals surface area contributed by atoms with Gasteiger partial charge in [-0.1, -0.05) is 60.1 Å². The van der Waals surface area contributed by atoms with Crippen LogP contribution in [0.2, 0.25) is 0 Å². The van der Waals surface area contributed by atoms with Crippen LogP contribution in [0.25, 0.3) is 11.4 Å². The summed E-state index contributed by atoms with van der Waals surface area (Å²) in [4.78, 5) is 12.3. The molecular formula is C21H24N4OS. The normalized spacial score (nSPS) is 10.8. The third kappa shape index (κ3) is 4.98. The van der Waals surface area contributed by atoms with Crippen LogP contribution in [-0.4, -0.2) is 26.4 Å². The lowest BCUT2D eigenvalue weighted by Crippen LogP contribution is -2.14. The van der Waals surface area contributed by atoms with E-state index in [1.807, 2.05) is 43.3 Å². The molecule has 1 aromatic heterocycles. The number of benzene rings is 2. The maximum absolute atomic E-state index is 12.3. The molecule has 0 fully saturated rings. The number of carbonyl (C=O) groups excluding carboxylic acids is 1. The lowest BCUT2D eigenvalue weighted by molar-refractivity contribution is -0.113. The Morgan fingerprint density at radius 1 is 1.07 bits per heavy atom. The first kappa shape index (κ1) is 19.2. The second kappa shape index (κ2) is 8.86. The van der Waals surface area contributed by atoms with Gasteiger partial charge in [-0.3, -0.25) is 4.79 Å². The molecule has 6 heteroatoms. The van der Waals surface area contributed by atoms with Gasteiger partial charge in [-0.25, -0.2) is 0 Å². The summed E-state index contributed by atoms with van der Waals surface area (Å²) < 4.78 is 2.10. The molecule has 1 amide bonds. The van der Waals surface area contributed by atoms with Crippen molar-refractivity contribution in [1.82, 2.24) is 14.8 Å². The fourth-order valence-corrected chi connectivity index (χ4v) is 3.55. The third-order valence-electron chi connectivity index (χ3n) is 4.11. The molecule has 5 nitrogen and oxygen atoms in total. The van der Waals surface area contributed by atoms with E-state index in [4.69, 9.17) is 0 Å². The van der Waals surface area contributed by atoms with Crippen LogP contribution in [0.4, 0.5) is 5.69 Å². The molecule has 140 valence electrons. The Hall–Kier alpha value is -2.60. The van der Waals surface area contributed by atoms with E-state index in [2.05, 4.69) is 46.1 Å². The number of anilines is 1. The molecule has 0 aliphatic rings. The van der Waals surface area contributed by atoms with E-state index in [1.165, 1.54) is 22.9 Å². The zero-order valence-electron chi connectivity index (χ0n) is 15.9. The maximum atomic E-state index is 12.3. The summed E-state index contributed by atoms with van der Waals surface area (Å²) in [5.74, 6) is 1.10. The molecule has 27 heavy (non-hydrogen) atoms. The van der Waals surface area contributed by atoms with Crippen LogP contribution in [0.3, 0.4) is 0 Å². The minimum atomic E-state index is -0.0491. The van der Waals surface area contributed by atoms with Crippen molar-refractivity contribution in [1.29, 1.82) is 0 Å². The van der Waals surface area contributed by atoms with E-state index in [0.717, 1.165) is 35.2 Å². The number of hydrogen-bond acceptors (Lipinski definition) is 4. The largest absolute Gasteiger partial charge is 0.325 e. The van der Waals surface area contributed by atoms with Gasteiger partial charge in [0.05, 0.1) is 5.75 Å². The Morgan fingerprint density at radius 2 is 1.85 bits per heavy atom. The highest BCUT2D eigenvalue weighted by atomic mass is 32.2. The Morgan fingerprint density at radius 3 is 2.56 bits per heavy atom. The second-order valence-electron chi connectivity index (χ2n) is 6.53. The highest BCUT2D eigenvalue weighted by molar-refractivity contribution is 7.99. The second-order valence-corrected chi connectivity index (χ2v) is 7.47. The molecule has 1 N–H and O–H groups in total. The van der Waals surface area contributed by atoms with E-state index < -0.39 is 0 Å². The van der Waals surface area contributed by atoms with Crippen LogP contribution in [0.1, 0.15) is 24.5 Å². The quantitative estimate of drug-likeness (QED) is 0.604. The monoisotopic (exact) mass is 380 g/mol. The van der Waals surface area contributed by atoms with Crippen LogP contribution >= 0.6 is 11.8 Å². The molecule has 0 aliphatic heterocycles. The van der Waals surface area contributed by atoms with Crippen molar-refractivity contribution in [2.24, 2.45) is 0 Å². The van der Waals surface area contributed by atoms with Gasteiger partial charge in [-0.2, -0.15) is 0 Å². The van der Waals surface area contributed by atoms with E-state index >= 15 is 0 Å². The molecule has 0 bridgehead atoms. The van der Waals surface area contributed by atoms with Gasteiger partial charge < -0.3 is 9.88 Å². The first-order chi connectivity index (χ1) is 13.1. The Kier molecular flexibility index (Phi) is 6.29. The van der Waals surface area contributed by atoms with E-state index in [9.17, 15) is 4.79 Å². The van der Waals surface area contributed by atoms with Crippen molar-refractivity contribution in [3.8, 4) is 11.4 Å². The lowest BCUT2D eigenvalue weighted by atomic mass is 10.1. The van der Waals surface area contributed by atoms with Crippen molar-refractivity contribution < 1.29 is 4.79 Å². The third-order valence-corrected chi connectivity index (χ3v) is 5.07. The number of nitrogens with one attached hydrogen (secondary N) is 1. The van der Waals surface area contributed by atoms with Crippen molar-refractivity contribution in [2.45, 2.75) is 38.9 Å². The molecule has 0 radical (unpaired) electrons. The smallest absolute Gasteiger partial charge is 0.234 e. The molecule has 2 aromatic carbocycles. The lowest BCUT2D eigenvalue weighted by Gasteiger charge is -2.09. The van der Waals surface area contributed by atoms with Crippen molar-refractivity contribution in [3.05, 3.63) is 59.7 Å². The molecule has 0 spiro atoms. The first-order valence-electron chi connectivity index (χ1n) is 9.06. The summed E-state index contributed by atoms with van der Waals surface area (Å²) in [7, 11) is 0. The number of thioether (sulfide) groups is 1. The fraction of sp³-hybridized carbons (Fsp3) is 0.286. The van der Waals surface area contributed by atoms with Crippen molar-refractivity contribution >= 4 is 23.4 Å². The molecule has 0 unspecified atom stereocenters. The maximum Gasteiger partial charge on any atom is 0.234 e. The first-order valence-corrected chi connectivity index (χ1v) is 10.0. The van der Waals surface area contributed by atoms with Gasteiger partial charge >= 0.3 is 0 Å². The van der Waals surface area contributed by atoms with E-state index in [-0.39, 0.29) is 5.91 Å². The SMILES string of the molecule is CCCn1c(SCC(=O)Nc2ccc(C)cc2)nnc1-c1cccc(C)c1. The van der Waals surface area contributed by atoms with Gasteiger partial charge in [-0.15, -0.1) is 10.2 Å². The number of hydrogen-bond donors (Lipinski definition) is 1. The van der Waals surface area contributed by atoms with Gasteiger partial charge in [0.15, 0.2) is 11.0 Å². The molecule has 0 saturated carbocycles. The molecule has 3 rings (SSSR count). The number of amides is 1. The molecule has 0 saturated heterocycles. The predicted molar refractivity (Wildman–Crippen MR) is 111 cm³/mol. The van der Waals surface area contributed by atoms with Gasteiger partial charge in [0.1, 0.15) is 0 Å². The standard InChI is InChI=1S/C21H24N4OS/c1-4-12-25-20(17-7-5-6-16(3)13-17)23-24-21(25)27-14-19(26)22-18-10-8-15(2)9-11-18/h5-11,13H,4,12,14H2,1-3H3,(H,22,26). The average molecular weight is 381 g/mol. The Balaban J connectivity index is 1.71. The molecule has 0 atom stereocenters. The zero-order chi connectivity index (χ0) is 19.2. The number of rotatable bonds is 7. The van der Waals surface area contributed by atoms with Gasteiger partial charge in [0.2, 0.25) is 5.91 Å². The van der Waals surface area contributed by atoms with Crippen LogP contribution < -0.4 is 5.32 Å². The average Bonchev–Trinajstić information content (AvgIpc) is 3.05. The zero-order valence-corrected chi connectivity index (χ0v) is 16.7. The van der Waals surface area contributed by atoms with E-state index in [1.54, 1.807) is 0 Å². The minimum Gasteiger partial charge on any atom is -0.325 e. The highest BCUT2D eigenvalue weighted by Crippen LogP contribution is 2.25. The van der Waals surface area contributed by atoms with E-state index in [0.29, 0.717) is 5.75 Å². The van der Waals surface area contributed by atoms with Crippen LogP contribution in [0, 0.1) is 13.8 Å². The van der Waals surface area contributed by atoms with Gasteiger partial charge in [0, 0.05) is 17.8 Å². The van der Waals surface area contributed by atoms with Gasteiger partial charge in [0.25, 0.3) is 0 Å². The summed E-state index contributed by atoms with van der Waals surface area (Å²) in [6, 6.07) is 16.0. The van der Waals surface area contributed by atoms with Crippen molar-refractivity contribution in [3.63, 3.8) is 0 Å². The number of aryl methyl sites for hydroxylation is 2. The number of carbonyl (C=O) groups is 1. The summed E-state index contributed by atoms with van der Waals surface area (Å²) >= 11 is 1.41. The van der Waals surface area contributed by atoms with Crippen LogP contribution in [-0.2, 0) is 11.3 Å². The van der Waals surface area contributed by atoms with Crippen LogP contribution in [0.5, 0.6) is 0 Å². The summed E-state index contributed by atoms with van der Waals surface area (Å²) in [5, 5.41) is 12.4. The minimum absolute atomic E-state index is 0.0491.